The van der Waals surface area contributed by atoms with Crippen molar-refractivity contribution in [1.82, 2.24) is 25.6 Å². The minimum Gasteiger partial charge on any atom is -0.388 e. The van der Waals surface area contributed by atoms with Crippen molar-refractivity contribution in [3.05, 3.63) is 112 Å². The van der Waals surface area contributed by atoms with Crippen LogP contribution in [-0.4, -0.2) is 152 Å². The summed E-state index contributed by atoms with van der Waals surface area (Å²) in [6.45, 7) is 9.47. The Morgan fingerprint density at radius 2 is 1.60 bits per heavy atom. The molecule has 512 valence electrons. The molecule has 2 unspecified atom stereocenters. The molecule has 0 radical (unpaired) electrons. The normalized spacial score (nSPS) is 16.4. The molecule has 3 atom stereocenters. The van der Waals surface area contributed by atoms with Crippen molar-refractivity contribution in [2.45, 2.75) is 126 Å². The van der Waals surface area contributed by atoms with Gasteiger partial charge in [0.15, 0.2) is 16.7 Å². The van der Waals surface area contributed by atoms with Crippen LogP contribution in [0.5, 0.6) is 0 Å². The summed E-state index contributed by atoms with van der Waals surface area (Å²) in [4.78, 5) is 77.3. The number of pyridine rings is 1. The Morgan fingerprint density at radius 3 is 2.17 bits per heavy atom. The van der Waals surface area contributed by atoms with Gasteiger partial charge in [0.25, 0.3) is 5.91 Å². The fourth-order valence-corrected chi connectivity index (χ4v) is 12.0. The molecule has 3 amide bonds. The third kappa shape index (κ3) is 23.5. The number of aromatic nitrogens is 1. The summed E-state index contributed by atoms with van der Waals surface area (Å²) in [5, 5.41) is 45.4. The second kappa shape index (κ2) is 37.4. The molecule has 0 spiro atoms. The molecule has 94 heavy (non-hydrogen) atoms. The van der Waals surface area contributed by atoms with Gasteiger partial charge in [-0.2, -0.15) is 37.1 Å². The number of nitrogens with two attached hydrogens (primary N) is 1. The monoisotopic (exact) mass is 1340 g/mol. The number of halogens is 6. The van der Waals surface area contributed by atoms with Gasteiger partial charge in [-0.1, -0.05) is 32.1 Å². The molecule has 3 aliphatic rings. The van der Waals surface area contributed by atoms with Gasteiger partial charge in [-0.3, -0.25) is 34.8 Å². The number of carbonyl (C=O) groups is 6. The summed E-state index contributed by atoms with van der Waals surface area (Å²) in [5.41, 5.74) is 3.82. The average molecular weight is 1340 g/mol. The van der Waals surface area contributed by atoms with Gasteiger partial charge in [-0.05, 0) is 91.8 Å². The number of benzene rings is 3. The van der Waals surface area contributed by atoms with Gasteiger partial charge in [0, 0.05) is 131 Å². The number of methoxy groups -OCH3 is 1. The van der Waals surface area contributed by atoms with Gasteiger partial charge in [-0.15, -0.1) is 0 Å². The van der Waals surface area contributed by atoms with Gasteiger partial charge in [0.05, 0.1) is 51.1 Å². The number of amidine groups is 1. The molecule has 2 aliphatic heterocycles. The SMILES string of the molecule is C=C1c2cc(C[N+]3(Cc4ccc(NS(=O)c5ccc(C(=O)NCCNC(=O)CCCC=O)cc5[NH2+]O)cc4)CCC[C@H](C)C3)cc(C(F)(F)F)c2CN1c1cc(C2(CC(=N)N(C)C=N)CCC2)cc(NCCC#N)n1.COC.CON(C)C(=O)CCC=O.O=CC(F)(F)F. The number of alkyl halides is 6. The Morgan fingerprint density at radius 1 is 0.936 bits per heavy atom. The molecule has 1 saturated carbocycles. The Bertz CT molecular complexity index is 3330. The minimum absolute atomic E-state index is 0.101. The first-order chi connectivity index (χ1) is 44.6. The van der Waals surface area contributed by atoms with Gasteiger partial charge in [0.2, 0.25) is 18.1 Å². The van der Waals surface area contributed by atoms with E-state index in [-0.39, 0.29) is 84.7 Å². The summed E-state index contributed by atoms with van der Waals surface area (Å²) in [7, 11) is 5.96. The number of nitriles is 1. The second-order valence-corrected chi connectivity index (χ2v) is 24.1. The van der Waals surface area contributed by atoms with Crippen LogP contribution in [0.1, 0.15) is 128 Å². The number of aldehydes is 3. The lowest BCUT2D eigenvalue weighted by atomic mass is 9.62. The number of piperidine rings is 1. The second-order valence-electron chi connectivity index (χ2n) is 22.9. The molecule has 4 aromatic rings. The molecule has 2 fully saturated rings. The Hall–Kier alpha value is -8.47. The number of nitrogens with zero attached hydrogens (tertiary/aromatic N) is 6. The topological polar surface area (TPSA) is 317 Å². The number of hydrogen-bond acceptors (Lipinski definition) is 16. The highest BCUT2D eigenvalue weighted by Gasteiger charge is 2.44. The number of unbranched alkanes of at least 4 members (excludes halogenated alkanes) is 1. The zero-order valence-corrected chi connectivity index (χ0v) is 54.5. The zero-order chi connectivity index (χ0) is 69.8. The first kappa shape index (κ1) is 78.0. The lowest BCUT2D eigenvalue weighted by Crippen LogP contribution is -2.74. The molecule has 7 rings (SSSR count). The highest BCUT2D eigenvalue weighted by atomic mass is 32.2. The van der Waals surface area contributed by atoms with Crippen LogP contribution in [0.25, 0.3) is 5.70 Å². The number of hydroxylamine groups is 2. The van der Waals surface area contributed by atoms with Crippen LogP contribution in [-0.2, 0) is 75.8 Å². The lowest BCUT2D eigenvalue weighted by molar-refractivity contribution is -0.960. The Kier molecular flexibility index (Phi) is 31.0. The number of likely N-dealkylation sites (tertiary alicyclic amines) is 1. The molecule has 3 heterocycles. The van der Waals surface area contributed by atoms with Gasteiger partial charge >= 0.3 is 12.4 Å². The number of fused-ring (bicyclic) bond motifs is 1. The van der Waals surface area contributed by atoms with Crippen molar-refractivity contribution >= 4 is 88.4 Å². The molecule has 30 heteroatoms. The van der Waals surface area contributed by atoms with Gasteiger partial charge in [-0.25, -0.2) is 19.5 Å². The van der Waals surface area contributed by atoms with Crippen molar-refractivity contribution in [3.63, 3.8) is 0 Å². The van der Waals surface area contributed by atoms with E-state index in [0.29, 0.717) is 89.7 Å². The van der Waals surface area contributed by atoms with E-state index in [9.17, 15) is 51.8 Å². The third-order valence-electron chi connectivity index (χ3n) is 15.8. The summed E-state index contributed by atoms with van der Waals surface area (Å²) < 4.78 is 98.5. The van der Waals surface area contributed by atoms with E-state index in [1.807, 2.05) is 30.3 Å². The van der Waals surface area contributed by atoms with E-state index in [4.69, 9.17) is 20.6 Å². The van der Waals surface area contributed by atoms with E-state index < -0.39 is 46.5 Å². The number of rotatable bonds is 28. The number of amides is 3. The molecule has 9 N–H and O–H groups in total. The van der Waals surface area contributed by atoms with E-state index in [1.165, 1.54) is 43.3 Å². The average Bonchev–Trinajstić information content (AvgIpc) is 1.43. The van der Waals surface area contributed by atoms with Crippen molar-refractivity contribution in [2.24, 2.45) is 5.92 Å². The third-order valence-corrected chi connectivity index (χ3v) is 17.0. The Labute approximate surface area is 545 Å². The van der Waals surface area contributed by atoms with Crippen molar-refractivity contribution in [2.75, 3.05) is 83.1 Å². The maximum absolute atomic E-state index is 15.3. The number of carbonyl (C=O) groups excluding carboxylic acids is 6. The summed E-state index contributed by atoms with van der Waals surface area (Å²) in [6, 6.07) is 20.9. The Balaban J connectivity index is 0.000000863. The van der Waals surface area contributed by atoms with Crippen LogP contribution < -0.4 is 31.1 Å². The van der Waals surface area contributed by atoms with Gasteiger partial charge in [0.1, 0.15) is 48.0 Å². The molecule has 0 bridgehead atoms. The van der Waals surface area contributed by atoms with Crippen LogP contribution in [0.4, 0.5) is 49.4 Å². The number of anilines is 3. The molecule has 3 aromatic carbocycles. The zero-order valence-electron chi connectivity index (χ0n) is 53.6. The fourth-order valence-electron chi connectivity index (χ4n) is 11.0. The molecule has 23 nitrogen and oxygen atoms in total. The van der Waals surface area contributed by atoms with Crippen LogP contribution in [0.2, 0.25) is 0 Å². The highest BCUT2D eigenvalue weighted by molar-refractivity contribution is 7.86. The maximum Gasteiger partial charge on any atom is 0.446 e. The molecular formula is C64H85F6N13O10S+2. The number of hydrogen-bond donors (Lipinski definition) is 8. The van der Waals surface area contributed by atoms with Crippen LogP contribution in [0.15, 0.2) is 78.2 Å². The molecule has 1 aromatic heterocycles. The predicted molar refractivity (Wildman–Crippen MR) is 342 cm³/mol. The first-order valence-electron chi connectivity index (χ1n) is 30.1. The molecule has 1 aliphatic carbocycles. The number of quaternary nitrogens is 2. The van der Waals surface area contributed by atoms with Gasteiger partial charge < -0.3 is 49.3 Å². The van der Waals surface area contributed by atoms with E-state index in [2.05, 4.69) is 49.8 Å². The minimum atomic E-state index is -4.66. The van der Waals surface area contributed by atoms with E-state index >= 15 is 13.2 Å². The highest BCUT2D eigenvalue weighted by Crippen LogP contribution is 2.50. The summed E-state index contributed by atoms with van der Waals surface area (Å²) in [6.07, 6.45) is -1.39. The lowest BCUT2D eigenvalue weighted by Gasteiger charge is -2.44. The van der Waals surface area contributed by atoms with Crippen molar-refractivity contribution in [1.29, 1.82) is 16.1 Å². The number of nitrogens with one attached hydrogen (secondary N) is 6. The predicted octanol–water partition coefficient (Wildman–Crippen LogP) is 8.62. The summed E-state index contributed by atoms with van der Waals surface area (Å²) >= 11 is 0. The van der Waals surface area contributed by atoms with Crippen LogP contribution in [0.3, 0.4) is 0 Å². The smallest absolute Gasteiger partial charge is 0.388 e. The van der Waals surface area contributed by atoms with E-state index in [0.717, 1.165) is 79.5 Å². The van der Waals surface area contributed by atoms with E-state index in [1.54, 1.807) is 38.3 Å². The standard InChI is InChI=1S/C54H65F3N12O5S.C6H11NO3.C2HF3O.C2H6O/c1-36-9-6-23-69(32-36,33-38-11-14-42(15-12-38)66-75(74)47-16-13-40(27-46(47)65-73)52(72)63-22-21-62-51(71)10-4-5-24-70)34-39-25-43-37(2)68(31-44(43)45(26-39)54(55,56)57)50-29-41(28-49(64-50)61-20-8-19-58)53(17-7-18-53)30-48(60)67(3)35-59;1-7(10-2)6(9)4-3-5-8;3-2(4,5)1-6;1-3-2/h11-16,24-29,35-36,59-60,65-66,73H,2,4-10,17-18,20-23,30-34H2,1,3H3,(H2-,61,62,63,64,71,72);5H,3-4H2,1-2H3;1H;1-2H3/p+2/t36-,69?,75?;;;/m0.../s1. The maximum atomic E-state index is 15.3. The fraction of sp³-hybridized carbons (Fsp3) is 0.469. The quantitative estimate of drug-likeness (QED) is 0.00386. The number of ether oxygens (including phenoxy) is 1. The molecule has 1 saturated heterocycles. The molecular weight excluding hydrogens is 1260 g/mol. The van der Waals surface area contributed by atoms with Crippen molar-refractivity contribution < 1.29 is 84.1 Å². The summed E-state index contributed by atoms with van der Waals surface area (Å²) in [5.74, 6) is 0.621. The largest absolute Gasteiger partial charge is 0.446 e. The van der Waals surface area contributed by atoms with Crippen molar-refractivity contribution in [3.8, 4) is 6.07 Å². The first-order valence-corrected chi connectivity index (χ1v) is 31.3. The van der Waals surface area contributed by atoms with Crippen LogP contribution >= 0.6 is 0 Å². The van der Waals surface area contributed by atoms with Crippen LogP contribution in [0, 0.1) is 28.1 Å².